The van der Waals surface area contributed by atoms with Crippen molar-refractivity contribution in [1.82, 2.24) is 5.06 Å². The van der Waals surface area contributed by atoms with Crippen LogP contribution in [-0.4, -0.2) is 23.3 Å². The zero-order chi connectivity index (χ0) is 8.27. The molecule has 0 aromatic carbocycles. The van der Waals surface area contributed by atoms with E-state index in [1.807, 2.05) is 13.8 Å². The molecule has 0 aromatic heterocycles. The topological polar surface area (TPSA) is 32.7 Å². The Hall–Kier alpha value is -0.960. The minimum absolute atomic E-state index is 0.318. The quantitative estimate of drug-likeness (QED) is 0.657. The molecule has 0 radical (unpaired) electrons. The summed E-state index contributed by atoms with van der Waals surface area (Å²) in [5.41, 5.74) is 0.937. The average Bonchev–Trinajstić information content (AvgIpc) is 1.95. The highest BCUT2D eigenvalue weighted by atomic mass is 16.7. The molecule has 0 spiro atoms. The maximum atomic E-state index is 9.07. The van der Waals surface area contributed by atoms with E-state index >= 15 is 0 Å². The van der Waals surface area contributed by atoms with E-state index in [9.17, 15) is 0 Å². The molecule has 0 atom stereocenters. The van der Waals surface area contributed by atoms with Gasteiger partial charge in [0.15, 0.2) is 0 Å². The third-order valence-corrected chi connectivity index (χ3v) is 1.50. The SMILES string of the molecule is CCON1CC=C(O)C=C1C. The van der Waals surface area contributed by atoms with Crippen LogP contribution in [-0.2, 0) is 4.84 Å². The summed E-state index contributed by atoms with van der Waals surface area (Å²) in [6, 6.07) is 0. The molecule has 1 heterocycles. The Kier molecular flexibility index (Phi) is 2.54. The van der Waals surface area contributed by atoms with Gasteiger partial charge in [-0.2, -0.15) is 0 Å². The van der Waals surface area contributed by atoms with Crippen LogP contribution in [0.4, 0.5) is 0 Å². The lowest BCUT2D eigenvalue weighted by atomic mass is 10.3. The summed E-state index contributed by atoms with van der Waals surface area (Å²) < 4.78 is 0. The maximum absolute atomic E-state index is 9.07. The van der Waals surface area contributed by atoms with Crippen LogP contribution >= 0.6 is 0 Å². The van der Waals surface area contributed by atoms with Crippen LogP contribution in [0.3, 0.4) is 0 Å². The lowest BCUT2D eigenvalue weighted by Crippen LogP contribution is -2.24. The minimum Gasteiger partial charge on any atom is -0.508 e. The largest absolute Gasteiger partial charge is 0.508 e. The van der Waals surface area contributed by atoms with Crippen molar-refractivity contribution in [2.24, 2.45) is 0 Å². The summed E-state index contributed by atoms with van der Waals surface area (Å²) in [6.07, 6.45) is 3.39. The summed E-state index contributed by atoms with van der Waals surface area (Å²) in [5.74, 6) is 0.318. The number of aliphatic hydroxyl groups excluding tert-OH is 1. The molecule has 0 amide bonds. The summed E-state index contributed by atoms with van der Waals surface area (Å²) in [4.78, 5) is 5.25. The highest BCUT2D eigenvalue weighted by Gasteiger charge is 2.08. The van der Waals surface area contributed by atoms with E-state index in [4.69, 9.17) is 9.94 Å². The molecule has 1 aliphatic heterocycles. The molecule has 0 aromatic rings. The second-order valence-electron chi connectivity index (χ2n) is 2.39. The Balaban J connectivity index is 2.56. The van der Waals surface area contributed by atoms with Gasteiger partial charge >= 0.3 is 0 Å². The predicted molar refractivity (Wildman–Crippen MR) is 42.8 cm³/mol. The Morgan fingerprint density at radius 2 is 2.45 bits per heavy atom. The molecule has 1 aliphatic rings. The molecule has 0 saturated heterocycles. The van der Waals surface area contributed by atoms with Crippen LogP contribution < -0.4 is 0 Å². The summed E-state index contributed by atoms with van der Waals surface area (Å²) in [6.45, 7) is 5.12. The van der Waals surface area contributed by atoms with E-state index in [1.165, 1.54) is 0 Å². The Morgan fingerprint density at radius 1 is 1.73 bits per heavy atom. The lowest BCUT2D eigenvalue weighted by Gasteiger charge is -2.24. The molecule has 3 nitrogen and oxygen atoms in total. The van der Waals surface area contributed by atoms with E-state index in [2.05, 4.69) is 0 Å². The van der Waals surface area contributed by atoms with Gasteiger partial charge in [-0.3, -0.25) is 9.90 Å². The molecule has 1 rings (SSSR count). The molecule has 0 bridgehead atoms. The predicted octanol–water partition coefficient (Wildman–Crippen LogP) is 1.60. The zero-order valence-electron chi connectivity index (χ0n) is 6.87. The van der Waals surface area contributed by atoms with Gasteiger partial charge in [0.2, 0.25) is 0 Å². The van der Waals surface area contributed by atoms with Crippen LogP contribution in [0.15, 0.2) is 23.6 Å². The minimum atomic E-state index is 0.318. The van der Waals surface area contributed by atoms with Crippen LogP contribution in [0.1, 0.15) is 13.8 Å². The number of nitrogens with zero attached hydrogens (tertiary/aromatic N) is 1. The third kappa shape index (κ3) is 1.98. The first-order chi connectivity index (χ1) is 5.24. The third-order valence-electron chi connectivity index (χ3n) is 1.50. The first kappa shape index (κ1) is 8.14. The van der Waals surface area contributed by atoms with Gasteiger partial charge in [-0.05, 0) is 19.9 Å². The van der Waals surface area contributed by atoms with Gasteiger partial charge in [-0.1, -0.05) is 0 Å². The van der Waals surface area contributed by atoms with Gasteiger partial charge in [0.25, 0.3) is 0 Å². The van der Waals surface area contributed by atoms with Crippen molar-refractivity contribution < 1.29 is 9.94 Å². The molecular weight excluding hydrogens is 142 g/mol. The molecule has 62 valence electrons. The fraction of sp³-hybridized carbons (Fsp3) is 0.500. The van der Waals surface area contributed by atoms with Gasteiger partial charge in [-0.15, -0.1) is 0 Å². The van der Waals surface area contributed by atoms with E-state index in [-0.39, 0.29) is 0 Å². The van der Waals surface area contributed by atoms with Crippen LogP contribution in [0, 0.1) is 0 Å². The van der Waals surface area contributed by atoms with Gasteiger partial charge in [0.05, 0.1) is 13.2 Å². The number of aliphatic hydroxyl groups is 1. The number of allylic oxidation sites excluding steroid dienone is 2. The monoisotopic (exact) mass is 155 g/mol. The van der Waals surface area contributed by atoms with Gasteiger partial charge in [0, 0.05) is 11.8 Å². The highest BCUT2D eigenvalue weighted by molar-refractivity contribution is 5.19. The highest BCUT2D eigenvalue weighted by Crippen LogP contribution is 2.12. The molecule has 0 saturated carbocycles. The first-order valence-corrected chi connectivity index (χ1v) is 3.72. The van der Waals surface area contributed by atoms with Gasteiger partial charge in [-0.25, -0.2) is 0 Å². The summed E-state index contributed by atoms with van der Waals surface area (Å²) >= 11 is 0. The number of hydrogen-bond acceptors (Lipinski definition) is 3. The molecule has 3 heteroatoms. The molecule has 0 aliphatic carbocycles. The fourth-order valence-electron chi connectivity index (χ4n) is 0.976. The van der Waals surface area contributed by atoms with Crippen LogP contribution in [0.25, 0.3) is 0 Å². The van der Waals surface area contributed by atoms with E-state index in [0.717, 1.165) is 5.70 Å². The number of hydroxylamine groups is 2. The van der Waals surface area contributed by atoms with Crippen molar-refractivity contribution in [3.8, 4) is 0 Å². The second-order valence-corrected chi connectivity index (χ2v) is 2.39. The molecular formula is C8H13NO2. The van der Waals surface area contributed by atoms with E-state index in [0.29, 0.717) is 18.9 Å². The zero-order valence-corrected chi connectivity index (χ0v) is 6.87. The Labute approximate surface area is 66.5 Å². The van der Waals surface area contributed by atoms with Crippen molar-refractivity contribution in [2.45, 2.75) is 13.8 Å². The maximum Gasteiger partial charge on any atom is 0.115 e. The number of hydrogen-bond donors (Lipinski definition) is 1. The normalized spacial score (nSPS) is 17.8. The molecule has 0 unspecified atom stereocenters. The lowest BCUT2D eigenvalue weighted by molar-refractivity contribution is -0.119. The first-order valence-electron chi connectivity index (χ1n) is 3.72. The van der Waals surface area contributed by atoms with Crippen molar-refractivity contribution >= 4 is 0 Å². The van der Waals surface area contributed by atoms with E-state index < -0.39 is 0 Å². The molecule has 1 N–H and O–H groups in total. The van der Waals surface area contributed by atoms with Crippen LogP contribution in [0.5, 0.6) is 0 Å². The second kappa shape index (κ2) is 3.44. The van der Waals surface area contributed by atoms with Gasteiger partial charge in [0.1, 0.15) is 5.76 Å². The van der Waals surface area contributed by atoms with Crippen molar-refractivity contribution in [2.75, 3.05) is 13.2 Å². The molecule has 11 heavy (non-hydrogen) atoms. The van der Waals surface area contributed by atoms with Crippen LogP contribution in [0.2, 0.25) is 0 Å². The smallest absolute Gasteiger partial charge is 0.115 e. The molecule has 0 fully saturated rings. The average molecular weight is 155 g/mol. The Bertz CT molecular complexity index is 196. The summed E-state index contributed by atoms with van der Waals surface area (Å²) in [7, 11) is 0. The fourth-order valence-corrected chi connectivity index (χ4v) is 0.976. The van der Waals surface area contributed by atoms with E-state index in [1.54, 1.807) is 17.2 Å². The van der Waals surface area contributed by atoms with Crippen molar-refractivity contribution in [3.63, 3.8) is 0 Å². The van der Waals surface area contributed by atoms with Gasteiger partial charge < -0.3 is 5.11 Å². The van der Waals surface area contributed by atoms with Crippen molar-refractivity contribution in [3.05, 3.63) is 23.6 Å². The standard InChI is InChI=1S/C8H13NO2/c1-3-11-9-5-4-8(10)6-7(9)2/h4,6,10H,3,5H2,1-2H3. The Morgan fingerprint density at radius 3 is 3.00 bits per heavy atom. The van der Waals surface area contributed by atoms with Crippen molar-refractivity contribution in [1.29, 1.82) is 0 Å². The summed E-state index contributed by atoms with van der Waals surface area (Å²) in [5, 5.41) is 10.8. The number of rotatable bonds is 2.